The summed E-state index contributed by atoms with van der Waals surface area (Å²) in [4.78, 5) is 7.20. The molecule has 3 aromatic carbocycles. The molecule has 6 heteroatoms. The van der Waals surface area contributed by atoms with Crippen LogP contribution in [0, 0.1) is 6.92 Å². The van der Waals surface area contributed by atoms with Gasteiger partial charge in [-0.05, 0) is 92.7 Å². The SMILES string of the molecule is CCN(CC)CCCOc1ccc(-n2cc(-c3ccc(OCCc4cccc(Cl)c4)cc3)nc2C)cc1. The molecule has 5 nitrogen and oxygen atoms in total. The fourth-order valence-corrected chi connectivity index (χ4v) is 4.51. The monoisotopic (exact) mass is 517 g/mol. The third-order valence-electron chi connectivity index (χ3n) is 6.48. The van der Waals surface area contributed by atoms with Crippen molar-refractivity contribution in [3.05, 3.63) is 95.4 Å². The second kappa shape index (κ2) is 13.3. The molecule has 0 saturated heterocycles. The Morgan fingerprint density at radius 2 is 1.54 bits per heavy atom. The molecule has 0 saturated carbocycles. The molecule has 0 N–H and O–H groups in total. The molecule has 194 valence electrons. The maximum absolute atomic E-state index is 6.06. The maximum atomic E-state index is 6.06. The van der Waals surface area contributed by atoms with Crippen LogP contribution in [-0.2, 0) is 6.42 Å². The minimum Gasteiger partial charge on any atom is -0.494 e. The first kappa shape index (κ1) is 26.8. The highest BCUT2D eigenvalue weighted by Crippen LogP contribution is 2.25. The van der Waals surface area contributed by atoms with E-state index >= 15 is 0 Å². The van der Waals surface area contributed by atoms with Gasteiger partial charge in [-0.1, -0.05) is 37.6 Å². The molecule has 0 aliphatic carbocycles. The number of nitrogens with zero attached hydrogens (tertiary/aromatic N) is 3. The van der Waals surface area contributed by atoms with Crippen molar-refractivity contribution in [1.82, 2.24) is 14.5 Å². The van der Waals surface area contributed by atoms with Gasteiger partial charge in [0.05, 0.1) is 18.9 Å². The summed E-state index contributed by atoms with van der Waals surface area (Å²) in [5.74, 6) is 2.67. The maximum Gasteiger partial charge on any atom is 0.119 e. The van der Waals surface area contributed by atoms with Gasteiger partial charge in [-0.2, -0.15) is 0 Å². The minimum atomic E-state index is 0.600. The number of hydrogen-bond donors (Lipinski definition) is 0. The van der Waals surface area contributed by atoms with E-state index in [9.17, 15) is 0 Å². The van der Waals surface area contributed by atoms with Crippen molar-refractivity contribution in [2.24, 2.45) is 0 Å². The Morgan fingerprint density at radius 3 is 2.22 bits per heavy atom. The Hall–Kier alpha value is -3.28. The molecule has 37 heavy (non-hydrogen) atoms. The average Bonchev–Trinajstić information content (AvgIpc) is 3.31. The number of imidazole rings is 1. The van der Waals surface area contributed by atoms with Crippen molar-refractivity contribution in [2.45, 2.75) is 33.6 Å². The van der Waals surface area contributed by atoms with Crippen LogP contribution in [0.15, 0.2) is 79.0 Å². The third kappa shape index (κ3) is 7.61. The summed E-state index contributed by atoms with van der Waals surface area (Å²) in [7, 11) is 0. The predicted molar refractivity (Wildman–Crippen MR) is 152 cm³/mol. The first-order chi connectivity index (χ1) is 18.1. The molecule has 1 heterocycles. The highest BCUT2D eigenvalue weighted by atomic mass is 35.5. The van der Waals surface area contributed by atoms with Gasteiger partial charge in [0.2, 0.25) is 0 Å². The van der Waals surface area contributed by atoms with E-state index in [1.165, 1.54) is 5.56 Å². The number of rotatable bonds is 13. The molecular formula is C31H36ClN3O2. The lowest BCUT2D eigenvalue weighted by atomic mass is 10.1. The molecule has 0 unspecified atom stereocenters. The van der Waals surface area contributed by atoms with Crippen LogP contribution in [0.1, 0.15) is 31.7 Å². The molecule has 0 spiro atoms. The van der Waals surface area contributed by atoms with Gasteiger partial charge in [0.25, 0.3) is 0 Å². The summed E-state index contributed by atoms with van der Waals surface area (Å²) in [6.07, 6.45) is 3.91. The Balaban J connectivity index is 1.31. The molecule has 0 aliphatic heterocycles. The quantitative estimate of drug-likeness (QED) is 0.175. The standard InChI is InChI=1S/C31H36ClN3O2/c1-4-34(5-2)19-7-20-36-30-16-12-28(13-17-30)35-23-31(33-24(35)3)26-10-14-29(15-11-26)37-21-18-25-8-6-9-27(32)22-25/h6,8-17,22-23H,4-5,7,18-21H2,1-3H3. The highest BCUT2D eigenvalue weighted by molar-refractivity contribution is 6.30. The Morgan fingerprint density at radius 1 is 0.865 bits per heavy atom. The number of aromatic nitrogens is 2. The van der Waals surface area contributed by atoms with Gasteiger partial charge in [-0.25, -0.2) is 4.98 Å². The van der Waals surface area contributed by atoms with Crippen molar-refractivity contribution < 1.29 is 9.47 Å². The van der Waals surface area contributed by atoms with Gasteiger partial charge in [-0.3, -0.25) is 0 Å². The van der Waals surface area contributed by atoms with Crippen LogP contribution < -0.4 is 9.47 Å². The van der Waals surface area contributed by atoms with Crippen molar-refractivity contribution in [1.29, 1.82) is 0 Å². The third-order valence-corrected chi connectivity index (χ3v) is 6.71. The van der Waals surface area contributed by atoms with Crippen LogP contribution in [0.5, 0.6) is 11.5 Å². The van der Waals surface area contributed by atoms with Crippen molar-refractivity contribution >= 4 is 11.6 Å². The fraction of sp³-hybridized carbons (Fsp3) is 0.323. The normalized spacial score (nSPS) is 11.2. The van der Waals surface area contributed by atoms with Gasteiger partial charge in [0.15, 0.2) is 0 Å². The lowest BCUT2D eigenvalue weighted by Crippen LogP contribution is -2.25. The second-order valence-corrected chi connectivity index (χ2v) is 9.46. The first-order valence-corrected chi connectivity index (χ1v) is 13.4. The molecule has 0 fully saturated rings. The summed E-state index contributed by atoms with van der Waals surface area (Å²) >= 11 is 6.06. The Kier molecular flexibility index (Phi) is 9.64. The van der Waals surface area contributed by atoms with Gasteiger partial charge >= 0.3 is 0 Å². The van der Waals surface area contributed by atoms with E-state index in [-0.39, 0.29) is 0 Å². The second-order valence-electron chi connectivity index (χ2n) is 9.02. The van der Waals surface area contributed by atoms with Gasteiger partial charge < -0.3 is 18.9 Å². The van der Waals surface area contributed by atoms with Crippen LogP contribution >= 0.6 is 11.6 Å². The molecule has 4 rings (SSSR count). The van der Waals surface area contributed by atoms with Crippen LogP contribution in [0.3, 0.4) is 0 Å². The van der Waals surface area contributed by atoms with Crippen LogP contribution in [0.4, 0.5) is 0 Å². The van der Waals surface area contributed by atoms with Crippen LogP contribution in [0.25, 0.3) is 16.9 Å². The lowest BCUT2D eigenvalue weighted by Gasteiger charge is -2.17. The predicted octanol–water partition coefficient (Wildman–Crippen LogP) is 7.23. The summed E-state index contributed by atoms with van der Waals surface area (Å²) in [6, 6.07) is 24.2. The molecule has 0 bridgehead atoms. The number of ether oxygens (including phenoxy) is 2. The zero-order chi connectivity index (χ0) is 26.0. The van der Waals surface area contributed by atoms with Crippen LogP contribution in [0.2, 0.25) is 5.02 Å². The Bertz CT molecular complexity index is 1250. The van der Waals surface area contributed by atoms with Crippen LogP contribution in [-0.4, -0.2) is 47.3 Å². The van der Waals surface area contributed by atoms with Crippen molar-refractivity contribution in [3.63, 3.8) is 0 Å². The van der Waals surface area contributed by atoms with Crippen molar-refractivity contribution in [3.8, 4) is 28.4 Å². The fourth-order valence-electron chi connectivity index (χ4n) is 4.30. The summed E-state index contributed by atoms with van der Waals surface area (Å²) in [5, 5.41) is 0.752. The zero-order valence-corrected chi connectivity index (χ0v) is 22.7. The lowest BCUT2D eigenvalue weighted by molar-refractivity contribution is 0.249. The molecule has 4 aromatic rings. The topological polar surface area (TPSA) is 39.5 Å². The minimum absolute atomic E-state index is 0.600. The molecule has 0 atom stereocenters. The number of aryl methyl sites for hydroxylation is 1. The van der Waals surface area contributed by atoms with E-state index in [4.69, 9.17) is 26.1 Å². The first-order valence-electron chi connectivity index (χ1n) is 13.0. The van der Waals surface area contributed by atoms with E-state index in [0.29, 0.717) is 6.61 Å². The summed E-state index contributed by atoms with van der Waals surface area (Å²) in [5.41, 5.74) is 4.21. The molecule has 1 aromatic heterocycles. The number of hydrogen-bond acceptors (Lipinski definition) is 4. The zero-order valence-electron chi connectivity index (χ0n) is 22.0. The number of halogens is 1. The van der Waals surface area contributed by atoms with Gasteiger partial charge in [0.1, 0.15) is 17.3 Å². The van der Waals surface area contributed by atoms with E-state index in [1.54, 1.807) is 0 Å². The summed E-state index contributed by atoms with van der Waals surface area (Å²) in [6.45, 7) is 11.0. The largest absolute Gasteiger partial charge is 0.494 e. The molecule has 0 aliphatic rings. The Labute approximate surface area is 225 Å². The molecule has 0 radical (unpaired) electrons. The summed E-state index contributed by atoms with van der Waals surface area (Å²) < 4.78 is 14.0. The molecule has 0 amide bonds. The smallest absolute Gasteiger partial charge is 0.119 e. The highest BCUT2D eigenvalue weighted by Gasteiger charge is 2.09. The van der Waals surface area contributed by atoms with E-state index in [0.717, 1.165) is 78.4 Å². The molecular weight excluding hydrogens is 482 g/mol. The van der Waals surface area contributed by atoms with Gasteiger partial charge in [-0.15, -0.1) is 0 Å². The van der Waals surface area contributed by atoms with E-state index in [1.807, 2.05) is 49.4 Å². The van der Waals surface area contributed by atoms with Gasteiger partial charge in [0, 0.05) is 35.4 Å². The van der Waals surface area contributed by atoms with E-state index < -0.39 is 0 Å². The van der Waals surface area contributed by atoms with E-state index in [2.05, 4.69) is 59.8 Å². The average molecular weight is 518 g/mol. The number of benzene rings is 3. The van der Waals surface area contributed by atoms with Crippen molar-refractivity contribution in [2.75, 3.05) is 32.8 Å².